The van der Waals surface area contributed by atoms with E-state index in [9.17, 15) is 0 Å². The van der Waals surface area contributed by atoms with E-state index < -0.39 is 0 Å². The van der Waals surface area contributed by atoms with Gasteiger partial charge in [-0.2, -0.15) is 11.3 Å². The molecule has 0 aliphatic carbocycles. The van der Waals surface area contributed by atoms with Crippen LogP contribution < -0.4 is 14.8 Å². The monoisotopic (exact) mass is 346 g/mol. The minimum absolute atomic E-state index is 0.265. The SMILES string of the molecule is CCOc1ccc(C(c2ccsc2)N2CCCNCC2)cc1OC. The zero-order valence-corrected chi connectivity index (χ0v) is 15.3. The Kier molecular flexibility index (Phi) is 6.12. The van der Waals surface area contributed by atoms with Gasteiger partial charge in [0.05, 0.1) is 19.8 Å². The van der Waals surface area contributed by atoms with Gasteiger partial charge in [0.25, 0.3) is 0 Å². The second kappa shape index (κ2) is 8.51. The third-order valence-corrected chi connectivity index (χ3v) is 5.10. The van der Waals surface area contributed by atoms with Crippen LogP contribution in [0.3, 0.4) is 0 Å². The molecule has 1 atom stereocenters. The van der Waals surface area contributed by atoms with E-state index in [1.54, 1.807) is 18.4 Å². The summed E-state index contributed by atoms with van der Waals surface area (Å²) in [6, 6.07) is 8.84. The van der Waals surface area contributed by atoms with Gasteiger partial charge in [-0.25, -0.2) is 0 Å². The molecule has 0 radical (unpaired) electrons. The van der Waals surface area contributed by atoms with Crippen molar-refractivity contribution >= 4 is 11.3 Å². The zero-order chi connectivity index (χ0) is 16.8. The average Bonchev–Trinajstić information content (AvgIpc) is 2.99. The smallest absolute Gasteiger partial charge is 0.161 e. The lowest BCUT2D eigenvalue weighted by Gasteiger charge is -2.31. The van der Waals surface area contributed by atoms with Gasteiger partial charge in [-0.1, -0.05) is 6.07 Å². The predicted octanol–water partition coefficient (Wildman–Crippen LogP) is 3.54. The molecule has 1 saturated heterocycles. The summed E-state index contributed by atoms with van der Waals surface area (Å²) in [5.74, 6) is 1.62. The van der Waals surface area contributed by atoms with Crippen LogP contribution in [0.5, 0.6) is 11.5 Å². The first-order valence-corrected chi connectivity index (χ1v) is 9.55. The lowest BCUT2D eigenvalue weighted by molar-refractivity contribution is 0.240. The fourth-order valence-electron chi connectivity index (χ4n) is 3.30. The molecule has 1 aliphatic rings. The Labute approximate surface area is 148 Å². The van der Waals surface area contributed by atoms with E-state index in [0.717, 1.165) is 37.7 Å². The molecule has 1 aromatic heterocycles. The second-order valence-corrected chi connectivity index (χ2v) is 6.72. The van der Waals surface area contributed by atoms with Crippen molar-refractivity contribution in [1.29, 1.82) is 0 Å². The molecule has 4 nitrogen and oxygen atoms in total. The first-order chi connectivity index (χ1) is 11.8. The Morgan fingerprint density at radius 2 is 2.08 bits per heavy atom. The van der Waals surface area contributed by atoms with Crippen LogP contribution in [-0.4, -0.2) is 44.8 Å². The van der Waals surface area contributed by atoms with Gasteiger partial charge in [0.2, 0.25) is 0 Å². The normalized spacial score (nSPS) is 17.2. The quantitative estimate of drug-likeness (QED) is 0.867. The van der Waals surface area contributed by atoms with Crippen molar-refractivity contribution in [3.05, 3.63) is 46.2 Å². The van der Waals surface area contributed by atoms with E-state index in [4.69, 9.17) is 9.47 Å². The Bertz CT molecular complexity index is 622. The second-order valence-electron chi connectivity index (χ2n) is 5.94. The van der Waals surface area contributed by atoms with Crippen molar-refractivity contribution in [2.45, 2.75) is 19.4 Å². The maximum absolute atomic E-state index is 5.67. The molecule has 0 spiro atoms. The van der Waals surface area contributed by atoms with Crippen LogP contribution in [0.1, 0.15) is 30.5 Å². The number of hydrogen-bond donors (Lipinski definition) is 1. The molecule has 5 heteroatoms. The number of rotatable bonds is 6. The zero-order valence-electron chi connectivity index (χ0n) is 14.5. The number of thiophene rings is 1. The van der Waals surface area contributed by atoms with Crippen LogP contribution in [0.2, 0.25) is 0 Å². The van der Waals surface area contributed by atoms with Gasteiger partial charge in [0.15, 0.2) is 11.5 Å². The Morgan fingerprint density at radius 1 is 1.17 bits per heavy atom. The highest BCUT2D eigenvalue weighted by Gasteiger charge is 2.24. The van der Waals surface area contributed by atoms with Crippen LogP contribution in [0.25, 0.3) is 0 Å². The minimum atomic E-state index is 0.265. The van der Waals surface area contributed by atoms with E-state index in [-0.39, 0.29) is 6.04 Å². The summed E-state index contributed by atoms with van der Waals surface area (Å²) in [4.78, 5) is 2.57. The molecule has 1 aliphatic heterocycles. The fourth-order valence-corrected chi connectivity index (χ4v) is 3.98. The molecule has 0 saturated carbocycles. The van der Waals surface area contributed by atoms with Crippen LogP contribution >= 0.6 is 11.3 Å². The average molecular weight is 346 g/mol. The summed E-state index contributed by atoms with van der Waals surface area (Å²) in [5.41, 5.74) is 2.61. The van der Waals surface area contributed by atoms with Gasteiger partial charge < -0.3 is 14.8 Å². The summed E-state index contributed by atoms with van der Waals surface area (Å²) in [7, 11) is 1.71. The summed E-state index contributed by atoms with van der Waals surface area (Å²) < 4.78 is 11.2. The fraction of sp³-hybridized carbons (Fsp3) is 0.474. The lowest BCUT2D eigenvalue weighted by Crippen LogP contribution is -2.32. The third-order valence-electron chi connectivity index (χ3n) is 4.40. The standard InChI is InChI=1S/C19H26N2O2S/c1-3-23-17-6-5-15(13-18(17)22-2)19(16-7-12-24-14-16)21-10-4-8-20-9-11-21/h5-7,12-14,19-20H,3-4,8-11H2,1-2H3. The molecular formula is C19H26N2O2S. The van der Waals surface area contributed by atoms with Gasteiger partial charge in [-0.3, -0.25) is 4.90 Å². The number of nitrogens with zero attached hydrogens (tertiary/aromatic N) is 1. The summed E-state index contributed by atoms with van der Waals surface area (Å²) in [6.45, 7) is 6.92. The highest BCUT2D eigenvalue weighted by atomic mass is 32.1. The Morgan fingerprint density at radius 3 is 2.83 bits per heavy atom. The van der Waals surface area contributed by atoms with Gasteiger partial charge >= 0.3 is 0 Å². The molecule has 1 unspecified atom stereocenters. The summed E-state index contributed by atoms with van der Waals surface area (Å²) in [6.07, 6.45) is 1.18. The molecule has 130 valence electrons. The van der Waals surface area contributed by atoms with Gasteiger partial charge in [-0.05, 0) is 60.0 Å². The van der Waals surface area contributed by atoms with Crippen molar-refractivity contribution in [3.8, 4) is 11.5 Å². The Balaban J connectivity index is 1.96. The molecular weight excluding hydrogens is 320 g/mol. The third kappa shape index (κ3) is 3.91. The molecule has 24 heavy (non-hydrogen) atoms. The highest BCUT2D eigenvalue weighted by Crippen LogP contribution is 2.36. The molecule has 1 fully saturated rings. The highest BCUT2D eigenvalue weighted by molar-refractivity contribution is 7.08. The van der Waals surface area contributed by atoms with Gasteiger partial charge in [0, 0.05) is 19.6 Å². The first-order valence-electron chi connectivity index (χ1n) is 8.61. The minimum Gasteiger partial charge on any atom is -0.493 e. The van der Waals surface area contributed by atoms with Crippen LogP contribution in [0.15, 0.2) is 35.0 Å². The van der Waals surface area contributed by atoms with E-state index in [0.29, 0.717) is 6.61 Å². The van der Waals surface area contributed by atoms with Crippen LogP contribution in [-0.2, 0) is 0 Å². The molecule has 2 heterocycles. The van der Waals surface area contributed by atoms with Crippen molar-refractivity contribution in [2.24, 2.45) is 0 Å². The molecule has 3 rings (SSSR count). The molecule has 0 amide bonds. The molecule has 2 aromatic rings. The van der Waals surface area contributed by atoms with Crippen molar-refractivity contribution in [1.82, 2.24) is 10.2 Å². The molecule has 0 bridgehead atoms. The number of methoxy groups -OCH3 is 1. The lowest BCUT2D eigenvalue weighted by atomic mass is 9.98. The summed E-state index contributed by atoms with van der Waals surface area (Å²) in [5, 5.41) is 7.91. The molecule has 1 N–H and O–H groups in total. The van der Waals surface area contributed by atoms with Crippen LogP contribution in [0.4, 0.5) is 0 Å². The maximum atomic E-state index is 5.67. The van der Waals surface area contributed by atoms with Crippen LogP contribution in [0, 0.1) is 0 Å². The number of hydrogen-bond acceptors (Lipinski definition) is 5. The van der Waals surface area contributed by atoms with Crippen molar-refractivity contribution in [3.63, 3.8) is 0 Å². The van der Waals surface area contributed by atoms with Gasteiger partial charge in [0.1, 0.15) is 0 Å². The van der Waals surface area contributed by atoms with E-state index in [2.05, 4.69) is 39.2 Å². The number of benzene rings is 1. The predicted molar refractivity (Wildman–Crippen MR) is 99.4 cm³/mol. The molecule has 1 aromatic carbocycles. The van der Waals surface area contributed by atoms with Crippen molar-refractivity contribution in [2.75, 3.05) is 39.9 Å². The van der Waals surface area contributed by atoms with E-state index in [1.807, 2.05) is 13.0 Å². The summed E-state index contributed by atoms with van der Waals surface area (Å²) >= 11 is 1.75. The van der Waals surface area contributed by atoms with Crippen molar-refractivity contribution < 1.29 is 9.47 Å². The van der Waals surface area contributed by atoms with E-state index in [1.165, 1.54) is 17.5 Å². The largest absolute Gasteiger partial charge is 0.493 e. The number of ether oxygens (including phenoxy) is 2. The Hall–Kier alpha value is -1.56. The van der Waals surface area contributed by atoms with Gasteiger partial charge in [-0.15, -0.1) is 0 Å². The first kappa shape index (κ1) is 17.3. The number of nitrogens with one attached hydrogen (secondary N) is 1. The topological polar surface area (TPSA) is 33.7 Å². The maximum Gasteiger partial charge on any atom is 0.161 e. The van der Waals surface area contributed by atoms with E-state index >= 15 is 0 Å².